The van der Waals surface area contributed by atoms with Crippen LogP contribution in [-0.2, 0) is 16.1 Å². The number of aryl methyl sites for hydroxylation is 1. The summed E-state index contributed by atoms with van der Waals surface area (Å²) in [6, 6.07) is 15.3. The van der Waals surface area contributed by atoms with E-state index in [4.69, 9.17) is 9.84 Å². The van der Waals surface area contributed by atoms with Gasteiger partial charge in [0.05, 0.1) is 12.2 Å². The van der Waals surface area contributed by atoms with Crippen molar-refractivity contribution >= 4 is 29.3 Å². The molecule has 0 unspecified atom stereocenters. The van der Waals surface area contributed by atoms with Gasteiger partial charge in [-0.25, -0.2) is 14.6 Å². The van der Waals surface area contributed by atoms with E-state index in [-0.39, 0.29) is 25.5 Å². The smallest absolute Gasteiger partial charge is 0.407 e. The molecule has 4 rings (SSSR count). The van der Waals surface area contributed by atoms with Gasteiger partial charge in [-0.2, -0.15) is 0 Å². The van der Waals surface area contributed by atoms with Crippen LogP contribution in [0.1, 0.15) is 50.8 Å². The highest BCUT2D eigenvalue weighted by molar-refractivity contribution is 7.13. The number of hydrogen-bond acceptors (Lipinski definition) is 6. The highest BCUT2D eigenvalue weighted by Crippen LogP contribution is 2.44. The van der Waals surface area contributed by atoms with Gasteiger partial charge < -0.3 is 20.5 Å². The maximum Gasteiger partial charge on any atom is 0.407 e. The van der Waals surface area contributed by atoms with Crippen molar-refractivity contribution < 1.29 is 24.2 Å². The lowest BCUT2D eigenvalue weighted by molar-refractivity contribution is -0.139. The monoisotopic (exact) mass is 479 g/mol. The summed E-state index contributed by atoms with van der Waals surface area (Å²) >= 11 is 1.11. The second kappa shape index (κ2) is 10.0. The number of aromatic nitrogens is 1. The van der Waals surface area contributed by atoms with Crippen molar-refractivity contribution in [3.63, 3.8) is 0 Å². The minimum Gasteiger partial charge on any atom is -0.480 e. The fraction of sp³-hybridized carbons (Fsp3) is 0.280. The van der Waals surface area contributed by atoms with Crippen LogP contribution in [0, 0.1) is 6.92 Å². The normalized spacial score (nSPS) is 13.0. The number of carbonyl (C=O) groups excluding carboxylic acids is 2. The van der Waals surface area contributed by atoms with Crippen LogP contribution in [0.25, 0.3) is 11.1 Å². The molecule has 0 spiro atoms. The Morgan fingerprint density at radius 3 is 2.29 bits per heavy atom. The number of thiazole rings is 1. The number of amides is 2. The minimum atomic E-state index is -1.09. The molecule has 176 valence electrons. The second-order valence-corrected chi connectivity index (χ2v) is 9.06. The zero-order valence-corrected chi connectivity index (χ0v) is 19.6. The largest absolute Gasteiger partial charge is 0.480 e. The fourth-order valence-electron chi connectivity index (χ4n) is 4.10. The summed E-state index contributed by atoms with van der Waals surface area (Å²) in [5, 5.41) is 14.8. The Balaban J connectivity index is 1.34. The summed E-state index contributed by atoms with van der Waals surface area (Å²) in [7, 11) is 0. The summed E-state index contributed by atoms with van der Waals surface area (Å²) < 4.78 is 5.52. The van der Waals surface area contributed by atoms with Crippen LogP contribution in [-0.4, -0.2) is 40.7 Å². The number of aliphatic carboxylic acids is 1. The maximum atomic E-state index is 12.4. The quantitative estimate of drug-likeness (QED) is 0.448. The highest BCUT2D eigenvalue weighted by atomic mass is 32.1. The molecule has 2 amide bonds. The molecule has 0 saturated heterocycles. The van der Waals surface area contributed by atoms with Crippen molar-refractivity contribution in [3.8, 4) is 11.1 Å². The van der Waals surface area contributed by atoms with E-state index in [9.17, 15) is 14.4 Å². The molecular formula is C25H25N3O5S. The SMILES string of the molecule is CC[C@H](NC(=O)c1sc(CNC(=O)OCC2c3ccccc3-c3ccccc32)nc1C)C(=O)O. The number of alkyl carbamates (subject to hydrolysis) is 1. The summed E-state index contributed by atoms with van der Waals surface area (Å²) in [6.07, 6.45) is -0.299. The molecule has 8 nitrogen and oxygen atoms in total. The summed E-state index contributed by atoms with van der Waals surface area (Å²) in [6.45, 7) is 3.66. The standard InChI is InChI=1S/C25H25N3O5S/c1-3-20(24(30)31)28-23(29)22-14(2)27-21(34-22)12-26-25(32)33-13-19-17-10-6-4-8-15(17)16-9-5-7-11-18(16)19/h4-11,19-20H,3,12-13H2,1-2H3,(H,26,32)(H,28,29)(H,30,31)/t20-/m0/s1. The molecule has 34 heavy (non-hydrogen) atoms. The van der Waals surface area contributed by atoms with E-state index in [1.165, 1.54) is 0 Å². The lowest BCUT2D eigenvalue weighted by Gasteiger charge is -2.14. The number of ether oxygens (including phenoxy) is 1. The number of carbonyl (C=O) groups is 3. The minimum absolute atomic E-state index is 0.0312. The van der Waals surface area contributed by atoms with E-state index >= 15 is 0 Å². The molecule has 1 atom stereocenters. The Labute approximate surface area is 201 Å². The van der Waals surface area contributed by atoms with Crippen molar-refractivity contribution in [2.24, 2.45) is 0 Å². The van der Waals surface area contributed by atoms with Gasteiger partial charge in [0, 0.05) is 5.92 Å². The van der Waals surface area contributed by atoms with Crippen LogP contribution < -0.4 is 10.6 Å². The van der Waals surface area contributed by atoms with Crippen LogP contribution >= 0.6 is 11.3 Å². The summed E-state index contributed by atoms with van der Waals surface area (Å²) in [5.74, 6) is -1.61. The lowest BCUT2D eigenvalue weighted by atomic mass is 9.98. The molecule has 0 saturated carbocycles. The molecule has 3 aromatic rings. The Morgan fingerprint density at radius 1 is 1.09 bits per heavy atom. The van der Waals surface area contributed by atoms with Gasteiger partial charge in [0.1, 0.15) is 22.5 Å². The average Bonchev–Trinajstić information content (AvgIpc) is 3.37. The van der Waals surface area contributed by atoms with E-state index in [2.05, 4.69) is 39.9 Å². The zero-order valence-electron chi connectivity index (χ0n) is 18.8. The van der Waals surface area contributed by atoms with Gasteiger partial charge in [0.25, 0.3) is 5.91 Å². The molecule has 0 radical (unpaired) electrons. The van der Waals surface area contributed by atoms with Gasteiger partial charge >= 0.3 is 12.1 Å². The summed E-state index contributed by atoms with van der Waals surface area (Å²) in [4.78, 5) is 40.6. The fourth-order valence-corrected chi connectivity index (χ4v) is 5.01. The predicted octanol–water partition coefficient (Wildman–Crippen LogP) is 4.08. The number of nitrogens with zero attached hydrogens (tertiary/aromatic N) is 1. The molecule has 9 heteroatoms. The third-order valence-electron chi connectivity index (χ3n) is 5.79. The van der Waals surface area contributed by atoms with Crippen molar-refractivity contribution in [2.45, 2.75) is 38.8 Å². The van der Waals surface area contributed by atoms with Crippen molar-refractivity contribution in [2.75, 3.05) is 6.61 Å². The summed E-state index contributed by atoms with van der Waals surface area (Å²) in [5.41, 5.74) is 5.06. The van der Waals surface area contributed by atoms with Crippen LogP contribution in [0.5, 0.6) is 0 Å². The average molecular weight is 480 g/mol. The lowest BCUT2D eigenvalue weighted by Crippen LogP contribution is -2.40. The Hall–Kier alpha value is -3.72. The van der Waals surface area contributed by atoms with Crippen molar-refractivity contribution in [3.05, 3.63) is 75.2 Å². The van der Waals surface area contributed by atoms with Gasteiger partial charge in [0.15, 0.2) is 0 Å². The van der Waals surface area contributed by atoms with Gasteiger partial charge in [-0.05, 0) is 35.6 Å². The number of hydrogen-bond donors (Lipinski definition) is 3. The maximum absolute atomic E-state index is 12.4. The van der Waals surface area contributed by atoms with Gasteiger partial charge in [-0.3, -0.25) is 4.79 Å². The Kier molecular flexibility index (Phi) is 6.93. The number of fused-ring (bicyclic) bond motifs is 3. The molecule has 1 aromatic heterocycles. The van der Waals surface area contributed by atoms with E-state index in [1.54, 1.807) is 13.8 Å². The molecule has 0 aliphatic heterocycles. The highest BCUT2D eigenvalue weighted by Gasteiger charge is 2.29. The van der Waals surface area contributed by atoms with Gasteiger partial charge in [0.2, 0.25) is 0 Å². The predicted molar refractivity (Wildman–Crippen MR) is 128 cm³/mol. The molecule has 0 fully saturated rings. The van der Waals surface area contributed by atoms with E-state index in [0.717, 1.165) is 33.6 Å². The number of benzene rings is 2. The molecule has 0 bridgehead atoms. The van der Waals surface area contributed by atoms with Crippen molar-refractivity contribution in [1.29, 1.82) is 0 Å². The topological polar surface area (TPSA) is 118 Å². The first-order chi connectivity index (χ1) is 16.4. The van der Waals surface area contributed by atoms with E-state index in [0.29, 0.717) is 15.6 Å². The van der Waals surface area contributed by atoms with Crippen LogP contribution in [0.4, 0.5) is 4.79 Å². The van der Waals surface area contributed by atoms with Crippen LogP contribution in [0.15, 0.2) is 48.5 Å². The van der Waals surface area contributed by atoms with Crippen LogP contribution in [0.2, 0.25) is 0 Å². The molecular weight excluding hydrogens is 454 g/mol. The number of rotatable bonds is 8. The number of carboxylic acids is 1. The molecule has 3 N–H and O–H groups in total. The Morgan fingerprint density at radius 2 is 1.71 bits per heavy atom. The third-order valence-corrected chi connectivity index (χ3v) is 6.94. The van der Waals surface area contributed by atoms with Crippen molar-refractivity contribution in [1.82, 2.24) is 15.6 Å². The molecule has 1 heterocycles. The first kappa shape index (κ1) is 23.4. The van der Waals surface area contributed by atoms with E-state index < -0.39 is 24.0 Å². The molecule has 2 aromatic carbocycles. The molecule has 1 aliphatic rings. The zero-order chi connectivity index (χ0) is 24.2. The second-order valence-electron chi connectivity index (χ2n) is 7.97. The third kappa shape index (κ3) is 4.79. The van der Waals surface area contributed by atoms with E-state index in [1.807, 2.05) is 24.3 Å². The molecule has 1 aliphatic carbocycles. The Bertz CT molecular complexity index is 1190. The number of carboxylic acid groups (broad SMARTS) is 1. The first-order valence-electron chi connectivity index (χ1n) is 11.0. The van der Waals surface area contributed by atoms with Gasteiger partial charge in [-0.1, -0.05) is 55.5 Å². The van der Waals surface area contributed by atoms with Crippen LogP contribution in [0.3, 0.4) is 0 Å². The van der Waals surface area contributed by atoms with Gasteiger partial charge in [-0.15, -0.1) is 11.3 Å². The first-order valence-corrected chi connectivity index (χ1v) is 11.8. The number of nitrogens with one attached hydrogen (secondary N) is 2.